The van der Waals surface area contributed by atoms with E-state index in [1.165, 1.54) is 19.3 Å². The lowest BCUT2D eigenvalue weighted by molar-refractivity contribution is 0.312. The predicted octanol–water partition coefficient (Wildman–Crippen LogP) is 3.22. The highest BCUT2D eigenvalue weighted by atomic mass is 14.4. The first-order valence-corrected chi connectivity index (χ1v) is 4.88. The Balaban J connectivity index is 1.81. The minimum Gasteiger partial charge on any atom is -0.0622 e. The quantitative estimate of drug-likeness (QED) is 0.522. The molecule has 0 radical (unpaired) electrons. The minimum atomic E-state index is 1.09. The molecule has 2 fully saturated rings. The van der Waals surface area contributed by atoms with Crippen LogP contribution in [0.1, 0.15) is 45.4 Å². The Morgan fingerprint density at radius 2 is 1.60 bits per heavy atom. The summed E-state index contributed by atoms with van der Waals surface area (Å²) in [6.45, 7) is 2.42. The third-order valence-corrected chi connectivity index (χ3v) is 3.43. The summed E-state index contributed by atoms with van der Waals surface area (Å²) < 4.78 is 0. The first-order chi connectivity index (χ1) is 4.88. The molecule has 0 aromatic heterocycles. The molecule has 0 nitrogen and oxygen atoms in total. The van der Waals surface area contributed by atoms with Gasteiger partial charge in [0, 0.05) is 0 Å². The zero-order chi connectivity index (χ0) is 6.97. The summed E-state index contributed by atoms with van der Waals surface area (Å²) in [6.07, 6.45) is 9.20. The molecule has 0 saturated heterocycles. The van der Waals surface area contributed by atoms with Crippen LogP contribution in [0.2, 0.25) is 0 Å². The zero-order valence-corrected chi connectivity index (χ0v) is 6.97. The molecule has 2 saturated carbocycles. The van der Waals surface area contributed by atoms with Crippen LogP contribution in [0.3, 0.4) is 0 Å². The fraction of sp³-hybridized carbons (Fsp3) is 1.00. The van der Waals surface area contributed by atoms with E-state index < -0.39 is 0 Å². The van der Waals surface area contributed by atoms with Crippen molar-refractivity contribution >= 4 is 0 Å². The van der Waals surface area contributed by atoms with Gasteiger partial charge in [0.15, 0.2) is 0 Å². The van der Waals surface area contributed by atoms with E-state index in [1.54, 1.807) is 19.3 Å². The molecule has 0 aliphatic heterocycles. The van der Waals surface area contributed by atoms with Crippen LogP contribution in [0.25, 0.3) is 0 Å². The van der Waals surface area contributed by atoms with Gasteiger partial charge in [-0.15, -0.1) is 0 Å². The smallest absolute Gasteiger partial charge is 0.0357 e. The van der Waals surface area contributed by atoms with Crippen molar-refractivity contribution in [3.63, 3.8) is 0 Å². The fourth-order valence-electron chi connectivity index (χ4n) is 2.57. The van der Waals surface area contributed by atoms with Gasteiger partial charge in [-0.3, -0.25) is 0 Å². The van der Waals surface area contributed by atoms with Crippen molar-refractivity contribution in [2.24, 2.45) is 17.8 Å². The molecule has 0 spiro atoms. The SMILES string of the molecule is CC1CC1C1CCCCC1. The van der Waals surface area contributed by atoms with Gasteiger partial charge >= 0.3 is 0 Å². The van der Waals surface area contributed by atoms with Gasteiger partial charge in [-0.05, 0) is 24.2 Å². The molecule has 0 aromatic carbocycles. The summed E-state index contributed by atoms with van der Waals surface area (Å²) in [5.74, 6) is 3.38. The summed E-state index contributed by atoms with van der Waals surface area (Å²) in [7, 11) is 0. The number of hydrogen-bond donors (Lipinski definition) is 0. The first-order valence-electron chi connectivity index (χ1n) is 4.88. The Morgan fingerprint density at radius 3 is 2.10 bits per heavy atom. The Morgan fingerprint density at radius 1 is 1.00 bits per heavy atom. The molecule has 2 aliphatic rings. The number of rotatable bonds is 1. The monoisotopic (exact) mass is 138 g/mol. The number of hydrogen-bond acceptors (Lipinski definition) is 0. The summed E-state index contributed by atoms with van der Waals surface area (Å²) in [4.78, 5) is 0. The van der Waals surface area contributed by atoms with Gasteiger partial charge in [0.25, 0.3) is 0 Å². The largest absolute Gasteiger partial charge is 0.0622 e. The highest BCUT2D eigenvalue weighted by Crippen LogP contribution is 2.48. The van der Waals surface area contributed by atoms with Gasteiger partial charge in [0.1, 0.15) is 0 Å². The highest BCUT2D eigenvalue weighted by molar-refractivity contribution is 4.89. The van der Waals surface area contributed by atoms with Crippen molar-refractivity contribution in [1.82, 2.24) is 0 Å². The lowest BCUT2D eigenvalue weighted by atomic mass is 9.85. The van der Waals surface area contributed by atoms with Gasteiger partial charge in [0.2, 0.25) is 0 Å². The van der Waals surface area contributed by atoms with Crippen LogP contribution in [-0.4, -0.2) is 0 Å². The second-order valence-corrected chi connectivity index (χ2v) is 4.27. The molecule has 2 aliphatic carbocycles. The van der Waals surface area contributed by atoms with E-state index in [2.05, 4.69) is 6.92 Å². The molecule has 0 amide bonds. The maximum atomic E-state index is 2.42. The summed E-state index contributed by atoms with van der Waals surface area (Å²) >= 11 is 0. The van der Waals surface area contributed by atoms with Gasteiger partial charge in [0.05, 0.1) is 0 Å². The Bertz CT molecular complexity index is 111. The average Bonchev–Trinajstić information content (AvgIpc) is 2.69. The van der Waals surface area contributed by atoms with Gasteiger partial charge in [-0.25, -0.2) is 0 Å². The maximum Gasteiger partial charge on any atom is -0.0357 e. The lowest BCUT2D eigenvalue weighted by Gasteiger charge is -2.21. The molecular weight excluding hydrogens is 120 g/mol. The van der Waals surface area contributed by atoms with Gasteiger partial charge < -0.3 is 0 Å². The lowest BCUT2D eigenvalue weighted by Crippen LogP contribution is -2.08. The molecule has 0 bridgehead atoms. The van der Waals surface area contributed by atoms with E-state index in [4.69, 9.17) is 0 Å². The second kappa shape index (κ2) is 2.56. The van der Waals surface area contributed by atoms with Crippen LogP contribution in [0.5, 0.6) is 0 Å². The molecular formula is C10H18. The van der Waals surface area contributed by atoms with E-state index >= 15 is 0 Å². The molecule has 0 aromatic rings. The van der Waals surface area contributed by atoms with Crippen molar-refractivity contribution in [2.75, 3.05) is 0 Å². The zero-order valence-electron chi connectivity index (χ0n) is 6.97. The standard InChI is InChI=1S/C10H18/c1-8-7-10(8)9-5-3-2-4-6-9/h8-10H,2-7H2,1H3. The Hall–Kier alpha value is 0. The van der Waals surface area contributed by atoms with Crippen molar-refractivity contribution in [3.8, 4) is 0 Å². The van der Waals surface area contributed by atoms with Crippen molar-refractivity contribution in [1.29, 1.82) is 0 Å². The van der Waals surface area contributed by atoms with Crippen LogP contribution < -0.4 is 0 Å². The van der Waals surface area contributed by atoms with Crippen molar-refractivity contribution < 1.29 is 0 Å². The van der Waals surface area contributed by atoms with E-state index in [0.717, 1.165) is 17.8 Å². The molecule has 2 unspecified atom stereocenters. The van der Waals surface area contributed by atoms with Crippen LogP contribution in [0.15, 0.2) is 0 Å². The van der Waals surface area contributed by atoms with Gasteiger partial charge in [-0.2, -0.15) is 0 Å². The highest BCUT2D eigenvalue weighted by Gasteiger charge is 2.39. The molecule has 0 heterocycles. The molecule has 58 valence electrons. The minimum absolute atomic E-state index is 1.09. The van der Waals surface area contributed by atoms with Crippen LogP contribution in [0.4, 0.5) is 0 Å². The predicted molar refractivity (Wildman–Crippen MR) is 43.8 cm³/mol. The van der Waals surface area contributed by atoms with Crippen molar-refractivity contribution in [3.05, 3.63) is 0 Å². The van der Waals surface area contributed by atoms with Crippen LogP contribution in [0, 0.1) is 17.8 Å². The van der Waals surface area contributed by atoms with E-state index in [0.29, 0.717) is 0 Å². The summed E-state index contributed by atoms with van der Waals surface area (Å²) in [5, 5.41) is 0. The first kappa shape index (κ1) is 6.69. The average molecular weight is 138 g/mol. The summed E-state index contributed by atoms with van der Waals surface area (Å²) in [6, 6.07) is 0. The maximum absolute atomic E-state index is 2.42. The van der Waals surface area contributed by atoms with Crippen molar-refractivity contribution in [2.45, 2.75) is 45.4 Å². The molecule has 2 atom stereocenters. The normalized spacial score (nSPS) is 41.7. The molecule has 2 rings (SSSR count). The van der Waals surface area contributed by atoms with Crippen LogP contribution in [-0.2, 0) is 0 Å². The third kappa shape index (κ3) is 1.21. The second-order valence-electron chi connectivity index (χ2n) is 4.27. The van der Waals surface area contributed by atoms with E-state index in [9.17, 15) is 0 Å². The summed E-state index contributed by atoms with van der Waals surface area (Å²) in [5.41, 5.74) is 0. The molecule has 0 heteroatoms. The van der Waals surface area contributed by atoms with E-state index in [-0.39, 0.29) is 0 Å². The Labute approximate surface area is 64.0 Å². The van der Waals surface area contributed by atoms with Crippen LogP contribution >= 0.6 is 0 Å². The van der Waals surface area contributed by atoms with Gasteiger partial charge in [-0.1, -0.05) is 39.0 Å². The fourth-order valence-corrected chi connectivity index (χ4v) is 2.57. The molecule has 0 N–H and O–H groups in total. The topological polar surface area (TPSA) is 0 Å². The van der Waals surface area contributed by atoms with E-state index in [1.807, 2.05) is 0 Å². The molecule has 10 heavy (non-hydrogen) atoms. The third-order valence-electron chi connectivity index (χ3n) is 3.43. The Kier molecular flexibility index (Phi) is 1.71.